The van der Waals surface area contributed by atoms with Gasteiger partial charge in [-0.25, -0.2) is 0 Å². The van der Waals surface area contributed by atoms with E-state index in [1.807, 2.05) is 27.7 Å². The van der Waals surface area contributed by atoms with Gasteiger partial charge in [0.25, 0.3) is 0 Å². The minimum atomic E-state index is -2.12. The van der Waals surface area contributed by atoms with Crippen LogP contribution in [0.3, 0.4) is 0 Å². The normalized spacial score (nSPS) is 16.9. The molecule has 0 saturated carbocycles. The number of hydrogen-bond donors (Lipinski definition) is 1. The van der Waals surface area contributed by atoms with Crippen molar-refractivity contribution in [2.45, 2.75) is 81.3 Å². The second-order valence-corrected chi connectivity index (χ2v) is 23.3. The number of hydrogen-bond acceptors (Lipinski definition) is 4. The third-order valence-electron chi connectivity index (χ3n) is 4.45. The molecule has 1 aliphatic rings. The number of pyridine rings is 2. The van der Waals surface area contributed by atoms with E-state index in [1.54, 1.807) is 0 Å². The van der Waals surface area contributed by atoms with E-state index in [2.05, 4.69) is 70.1 Å². The van der Waals surface area contributed by atoms with Gasteiger partial charge in [0.05, 0.1) is 0 Å². The van der Waals surface area contributed by atoms with Gasteiger partial charge in [0.1, 0.15) is 0 Å². The van der Waals surface area contributed by atoms with Gasteiger partial charge in [-0.1, -0.05) is 27.7 Å². The second kappa shape index (κ2) is 10.8. The van der Waals surface area contributed by atoms with Crippen LogP contribution < -0.4 is 13.9 Å². The van der Waals surface area contributed by atoms with Gasteiger partial charge in [0.15, 0.2) is 0 Å². The fourth-order valence-electron chi connectivity index (χ4n) is 3.29. The van der Waals surface area contributed by atoms with E-state index >= 15 is 0 Å². The molecule has 0 amide bonds. The first-order chi connectivity index (χ1) is 13.1. The molecule has 5 heteroatoms. The van der Waals surface area contributed by atoms with Crippen LogP contribution in [0.4, 0.5) is 5.82 Å². The molecular weight excluding hydrogens is 451 g/mol. The van der Waals surface area contributed by atoms with E-state index < -0.39 is 18.4 Å². The Morgan fingerprint density at radius 1 is 0.929 bits per heavy atom. The Balaban J connectivity index is 0.000000921. The van der Waals surface area contributed by atoms with Gasteiger partial charge in [-0.3, -0.25) is 0 Å². The standard InChI is InChI=1S/C16H21N4.2C2H6.3CH3.Sn/c1-16(2,3)19-12-8-10-20(11-12)15-7-6-13-14(18-15)5-4-9-17-13;2*1-2;;;;/h4-7,12,19H,8,10-11H2,1-3H3;2*1-2H3;3*1H3;. The zero-order valence-corrected chi connectivity index (χ0v) is 22.7. The summed E-state index contributed by atoms with van der Waals surface area (Å²) < 4.78 is 1.32. The molecule has 1 fully saturated rings. The Morgan fingerprint density at radius 2 is 1.50 bits per heavy atom. The molecule has 0 bridgehead atoms. The summed E-state index contributed by atoms with van der Waals surface area (Å²) in [4.78, 5) is 19.3. The predicted octanol–water partition coefficient (Wildman–Crippen LogP) is 5.19. The molecule has 0 aliphatic carbocycles. The van der Waals surface area contributed by atoms with Crippen LogP contribution in [-0.4, -0.2) is 53.0 Å². The SMILES string of the molecule is CC.CC.CC(C)(C)NC1CCN(c2ccc3n[c]([Sn]([CH3])([CH3])[CH3])ccc3n2)C1. The summed E-state index contributed by atoms with van der Waals surface area (Å²) in [6.07, 6.45) is 1.17. The van der Waals surface area contributed by atoms with Crippen LogP contribution in [0.5, 0.6) is 0 Å². The fraction of sp³-hybridized carbons (Fsp3) is 0.652. The van der Waals surface area contributed by atoms with Crippen molar-refractivity contribution >= 4 is 38.9 Å². The second-order valence-electron chi connectivity index (χ2n) is 8.98. The molecular formula is C23H42N4Sn. The van der Waals surface area contributed by atoms with Crippen molar-refractivity contribution in [1.82, 2.24) is 15.3 Å². The number of rotatable bonds is 3. The number of nitrogens with one attached hydrogen (secondary N) is 1. The topological polar surface area (TPSA) is 41.0 Å². The van der Waals surface area contributed by atoms with Crippen molar-refractivity contribution in [3.63, 3.8) is 0 Å². The van der Waals surface area contributed by atoms with E-state index in [9.17, 15) is 0 Å². The van der Waals surface area contributed by atoms with Crippen LogP contribution in [0.2, 0.25) is 14.8 Å². The number of anilines is 1. The summed E-state index contributed by atoms with van der Waals surface area (Å²) >= 11 is -2.12. The van der Waals surface area contributed by atoms with Gasteiger partial charge in [0, 0.05) is 0 Å². The summed E-state index contributed by atoms with van der Waals surface area (Å²) in [6.45, 7) is 16.8. The van der Waals surface area contributed by atoms with Crippen molar-refractivity contribution in [2.75, 3.05) is 18.0 Å². The Bertz CT molecular complexity index is 731. The van der Waals surface area contributed by atoms with E-state index in [-0.39, 0.29) is 5.54 Å². The first-order valence-electron chi connectivity index (χ1n) is 10.9. The van der Waals surface area contributed by atoms with Crippen LogP contribution in [-0.2, 0) is 0 Å². The summed E-state index contributed by atoms with van der Waals surface area (Å²) in [7, 11) is 0. The molecule has 3 heterocycles. The van der Waals surface area contributed by atoms with Crippen molar-refractivity contribution < 1.29 is 0 Å². The van der Waals surface area contributed by atoms with Gasteiger partial charge >= 0.3 is 150 Å². The molecule has 1 saturated heterocycles. The van der Waals surface area contributed by atoms with E-state index in [0.717, 1.165) is 29.9 Å². The molecule has 2 aromatic rings. The zero-order valence-electron chi connectivity index (χ0n) is 19.8. The summed E-state index contributed by atoms with van der Waals surface area (Å²) in [6, 6.07) is 9.17. The summed E-state index contributed by atoms with van der Waals surface area (Å²) in [5.74, 6) is 1.08. The monoisotopic (exact) mass is 494 g/mol. The third-order valence-corrected chi connectivity index (χ3v) is 9.63. The van der Waals surface area contributed by atoms with Gasteiger partial charge in [-0.2, -0.15) is 0 Å². The Morgan fingerprint density at radius 3 is 2.07 bits per heavy atom. The van der Waals surface area contributed by atoms with Gasteiger partial charge < -0.3 is 0 Å². The van der Waals surface area contributed by atoms with Gasteiger partial charge in [-0.15, -0.1) is 0 Å². The molecule has 1 N–H and O–H groups in total. The summed E-state index contributed by atoms with van der Waals surface area (Å²) in [5.41, 5.74) is 2.21. The maximum absolute atomic E-state index is 4.88. The van der Waals surface area contributed by atoms with Crippen LogP contribution >= 0.6 is 0 Å². The van der Waals surface area contributed by atoms with E-state index in [0.29, 0.717) is 6.04 Å². The van der Waals surface area contributed by atoms with Crippen LogP contribution in [0, 0.1) is 0 Å². The molecule has 1 aliphatic heterocycles. The quantitative estimate of drug-likeness (QED) is 0.598. The maximum atomic E-state index is 4.88. The van der Waals surface area contributed by atoms with Crippen LogP contribution in [0.25, 0.3) is 11.0 Å². The fourth-order valence-corrected chi connectivity index (χ4v) is 6.26. The molecule has 0 aromatic carbocycles. The molecule has 0 radical (unpaired) electrons. The van der Waals surface area contributed by atoms with Crippen molar-refractivity contribution in [3.05, 3.63) is 24.3 Å². The molecule has 2 aromatic heterocycles. The van der Waals surface area contributed by atoms with Crippen molar-refractivity contribution in [3.8, 4) is 0 Å². The molecule has 158 valence electrons. The average molecular weight is 493 g/mol. The van der Waals surface area contributed by atoms with Gasteiger partial charge in [-0.05, 0) is 0 Å². The molecule has 1 unspecified atom stereocenters. The number of fused-ring (bicyclic) bond motifs is 1. The third kappa shape index (κ3) is 7.18. The number of nitrogens with zero attached hydrogens (tertiary/aromatic N) is 3. The number of aromatic nitrogens is 2. The van der Waals surface area contributed by atoms with Crippen molar-refractivity contribution in [1.29, 1.82) is 0 Å². The zero-order chi connectivity index (χ0) is 21.5. The first-order valence-corrected chi connectivity index (χ1v) is 20.9. The molecule has 4 nitrogen and oxygen atoms in total. The predicted molar refractivity (Wildman–Crippen MR) is 129 cm³/mol. The van der Waals surface area contributed by atoms with E-state index in [4.69, 9.17) is 9.97 Å². The average Bonchev–Trinajstić information content (AvgIpc) is 3.10. The minimum absolute atomic E-state index is 0.163. The van der Waals surface area contributed by atoms with Crippen LogP contribution in [0.1, 0.15) is 54.9 Å². The molecule has 3 rings (SSSR count). The summed E-state index contributed by atoms with van der Waals surface area (Å²) in [5, 5.41) is 3.70. The van der Waals surface area contributed by atoms with Gasteiger partial charge in [0.2, 0.25) is 0 Å². The molecule has 28 heavy (non-hydrogen) atoms. The Kier molecular flexibility index (Phi) is 9.68. The Hall–Kier alpha value is -0.881. The van der Waals surface area contributed by atoms with E-state index in [1.165, 1.54) is 10.1 Å². The molecule has 0 spiro atoms. The first kappa shape index (κ1) is 25.2. The van der Waals surface area contributed by atoms with Crippen molar-refractivity contribution in [2.24, 2.45) is 0 Å². The Labute approximate surface area is 177 Å². The molecule has 1 atom stereocenters. The van der Waals surface area contributed by atoms with Crippen LogP contribution in [0.15, 0.2) is 24.3 Å².